The Morgan fingerprint density at radius 3 is 2.00 bits per heavy atom. The Hall–Kier alpha value is -3.90. The van der Waals surface area contributed by atoms with Crippen molar-refractivity contribution in [1.82, 2.24) is 0 Å². The van der Waals surface area contributed by atoms with Crippen molar-refractivity contribution in [2.75, 3.05) is 16.0 Å². The maximum absolute atomic E-state index is 13.1. The first-order valence-electron chi connectivity index (χ1n) is 10.2. The second kappa shape index (κ2) is 9.94. The lowest BCUT2D eigenvalue weighted by molar-refractivity contribution is -0.117. The molecule has 160 valence electrons. The number of nitrogens with one attached hydrogen (secondary N) is 3. The first-order valence-corrected chi connectivity index (χ1v) is 11.1. The van der Waals surface area contributed by atoms with Gasteiger partial charge in [0.05, 0.1) is 4.88 Å². The number of benzene rings is 3. The summed E-state index contributed by atoms with van der Waals surface area (Å²) in [4.78, 5) is 26.0. The lowest BCUT2D eigenvalue weighted by Gasteiger charge is -2.20. The maximum Gasteiger partial charge on any atom is 0.265 e. The Labute approximate surface area is 191 Å². The first kappa shape index (κ1) is 21.3. The van der Waals surface area contributed by atoms with Crippen molar-refractivity contribution < 1.29 is 9.59 Å². The summed E-state index contributed by atoms with van der Waals surface area (Å²) in [5, 5.41) is 11.0. The number of carbonyl (C=O) groups is 2. The molecule has 0 aliphatic rings. The lowest BCUT2D eigenvalue weighted by Crippen LogP contribution is -2.27. The molecule has 5 nitrogen and oxygen atoms in total. The van der Waals surface area contributed by atoms with Crippen molar-refractivity contribution in [3.05, 3.63) is 112 Å². The van der Waals surface area contributed by atoms with E-state index in [2.05, 4.69) is 16.0 Å². The van der Waals surface area contributed by atoms with Gasteiger partial charge < -0.3 is 16.0 Å². The van der Waals surface area contributed by atoms with Crippen molar-refractivity contribution in [2.24, 2.45) is 0 Å². The van der Waals surface area contributed by atoms with E-state index >= 15 is 0 Å². The number of hydrogen-bond donors (Lipinski definition) is 3. The molecule has 0 aliphatic heterocycles. The summed E-state index contributed by atoms with van der Waals surface area (Å²) in [7, 11) is 0. The molecule has 1 heterocycles. The second-order valence-corrected chi connectivity index (χ2v) is 8.30. The number of hydrogen-bond acceptors (Lipinski definition) is 4. The number of aryl methyl sites for hydroxylation is 1. The van der Waals surface area contributed by atoms with Crippen molar-refractivity contribution >= 4 is 40.2 Å². The summed E-state index contributed by atoms with van der Waals surface area (Å²) in [6.45, 7) is 2.01. The van der Waals surface area contributed by atoms with Crippen LogP contribution in [-0.4, -0.2) is 11.8 Å². The fraction of sp³-hybridized carbons (Fsp3) is 0.0769. The molecule has 1 aromatic heterocycles. The quantitative estimate of drug-likeness (QED) is 0.324. The van der Waals surface area contributed by atoms with E-state index < -0.39 is 6.04 Å². The Kier molecular flexibility index (Phi) is 6.63. The smallest absolute Gasteiger partial charge is 0.265 e. The molecule has 0 saturated carbocycles. The highest BCUT2D eigenvalue weighted by molar-refractivity contribution is 7.12. The van der Waals surface area contributed by atoms with Gasteiger partial charge in [-0.3, -0.25) is 9.59 Å². The molecule has 0 radical (unpaired) electrons. The molecule has 4 aromatic rings. The Balaban J connectivity index is 1.49. The van der Waals surface area contributed by atoms with Crippen LogP contribution in [0.1, 0.15) is 26.8 Å². The number of carbonyl (C=O) groups excluding carboxylic acids is 2. The Morgan fingerprint density at radius 1 is 0.719 bits per heavy atom. The van der Waals surface area contributed by atoms with Crippen LogP contribution in [0.5, 0.6) is 0 Å². The molecule has 32 heavy (non-hydrogen) atoms. The molecule has 3 N–H and O–H groups in total. The first-order chi connectivity index (χ1) is 15.6. The van der Waals surface area contributed by atoms with E-state index in [0.717, 1.165) is 22.5 Å². The zero-order valence-electron chi connectivity index (χ0n) is 17.5. The van der Waals surface area contributed by atoms with Gasteiger partial charge in [-0.1, -0.05) is 54.1 Å². The van der Waals surface area contributed by atoms with Crippen LogP contribution in [0.4, 0.5) is 17.1 Å². The SMILES string of the molecule is Cc1ccc(NC(=O)C(Nc2ccc(NC(=O)c3cccs3)cc2)c2ccccc2)cc1. The molecule has 0 spiro atoms. The van der Waals surface area contributed by atoms with Crippen LogP contribution in [-0.2, 0) is 4.79 Å². The molecule has 0 aliphatic carbocycles. The van der Waals surface area contributed by atoms with Gasteiger partial charge in [0.2, 0.25) is 0 Å². The van der Waals surface area contributed by atoms with Gasteiger partial charge >= 0.3 is 0 Å². The van der Waals surface area contributed by atoms with Crippen LogP contribution in [0.2, 0.25) is 0 Å². The Morgan fingerprint density at radius 2 is 1.34 bits per heavy atom. The number of amides is 2. The predicted octanol–water partition coefficient (Wildman–Crippen LogP) is 6.10. The minimum Gasteiger partial charge on any atom is -0.370 e. The summed E-state index contributed by atoms with van der Waals surface area (Å²) < 4.78 is 0. The molecule has 2 amide bonds. The van der Waals surface area contributed by atoms with Crippen LogP contribution in [0.25, 0.3) is 0 Å². The third kappa shape index (κ3) is 5.42. The average Bonchev–Trinajstić information content (AvgIpc) is 3.36. The third-order valence-electron chi connectivity index (χ3n) is 4.91. The van der Waals surface area contributed by atoms with E-state index in [4.69, 9.17) is 0 Å². The van der Waals surface area contributed by atoms with E-state index in [-0.39, 0.29) is 11.8 Å². The van der Waals surface area contributed by atoms with Crippen LogP contribution < -0.4 is 16.0 Å². The largest absolute Gasteiger partial charge is 0.370 e. The van der Waals surface area contributed by atoms with Crippen LogP contribution in [0.3, 0.4) is 0 Å². The van der Waals surface area contributed by atoms with E-state index in [9.17, 15) is 9.59 Å². The molecule has 3 aromatic carbocycles. The predicted molar refractivity (Wildman–Crippen MR) is 131 cm³/mol. The molecule has 4 rings (SSSR count). The van der Waals surface area contributed by atoms with Gasteiger partial charge in [0.15, 0.2) is 0 Å². The molecule has 0 saturated heterocycles. The van der Waals surface area contributed by atoms with Gasteiger partial charge in [-0.2, -0.15) is 0 Å². The fourth-order valence-electron chi connectivity index (χ4n) is 3.21. The normalized spacial score (nSPS) is 11.4. The van der Waals surface area contributed by atoms with Crippen LogP contribution in [0, 0.1) is 6.92 Å². The monoisotopic (exact) mass is 441 g/mol. The third-order valence-corrected chi connectivity index (χ3v) is 5.78. The molecule has 0 bridgehead atoms. The van der Waals surface area contributed by atoms with Crippen molar-refractivity contribution in [2.45, 2.75) is 13.0 Å². The number of rotatable bonds is 7. The summed E-state index contributed by atoms with van der Waals surface area (Å²) in [5.41, 5.74) is 4.19. The van der Waals surface area contributed by atoms with Gasteiger partial charge in [-0.05, 0) is 60.3 Å². The number of anilines is 3. The van der Waals surface area contributed by atoms with Gasteiger partial charge in [-0.25, -0.2) is 0 Å². The minimum absolute atomic E-state index is 0.139. The molecular weight excluding hydrogens is 418 g/mol. The minimum atomic E-state index is -0.580. The van der Waals surface area contributed by atoms with Crippen LogP contribution >= 0.6 is 11.3 Å². The van der Waals surface area contributed by atoms with Gasteiger partial charge in [0.25, 0.3) is 11.8 Å². The highest BCUT2D eigenvalue weighted by Crippen LogP contribution is 2.23. The zero-order valence-corrected chi connectivity index (χ0v) is 18.4. The summed E-state index contributed by atoms with van der Waals surface area (Å²) in [6, 6.07) is 27.6. The fourth-order valence-corrected chi connectivity index (χ4v) is 3.83. The highest BCUT2D eigenvalue weighted by atomic mass is 32.1. The average molecular weight is 442 g/mol. The second-order valence-electron chi connectivity index (χ2n) is 7.35. The molecule has 1 atom stereocenters. The molecular formula is C26H23N3O2S. The topological polar surface area (TPSA) is 70.2 Å². The summed E-state index contributed by atoms with van der Waals surface area (Å²) in [6.07, 6.45) is 0. The zero-order chi connectivity index (χ0) is 22.3. The van der Waals surface area contributed by atoms with Crippen molar-refractivity contribution in [1.29, 1.82) is 0 Å². The van der Waals surface area contributed by atoms with Crippen molar-refractivity contribution in [3.8, 4) is 0 Å². The molecule has 1 unspecified atom stereocenters. The van der Waals surface area contributed by atoms with E-state index in [1.54, 1.807) is 6.07 Å². The lowest BCUT2D eigenvalue weighted by atomic mass is 10.1. The van der Waals surface area contributed by atoms with Gasteiger partial charge in [0, 0.05) is 17.1 Å². The Bertz CT molecular complexity index is 1170. The molecule has 0 fully saturated rings. The molecule has 6 heteroatoms. The summed E-state index contributed by atoms with van der Waals surface area (Å²) in [5.74, 6) is -0.296. The van der Waals surface area contributed by atoms with Crippen LogP contribution in [0.15, 0.2) is 96.4 Å². The van der Waals surface area contributed by atoms with Crippen molar-refractivity contribution in [3.63, 3.8) is 0 Å². The van der Waals surface area contributed by atoms with E-state index in [1.165, 1.54) is 11.3 Å². The van der Waals surface area contributed by atoms with Gasteiger partial charge in [0.1, 0.15) is 6.04 Å². The van der Waals surface area contributed by atoms with E-state index in [1.807, 2.05) is 97.2 Å². The number of thiophene rings is 1. The highest BCUT2D eigenvalue weighted by Gasteiger charge is 2.20. The maximum atomic E-state index is 13.1. The summed E-state index contributed by atoms with van der Waals surface area (Å²) >= 11 is 1.40. The van der Waals surface area contributed by atoms with Gasteiger partial charge in [-0.15, -0.1) is 11.3 Å². The standard InChI is InChI=1S/C26H23N3O2S/c1-18-9-11-21(12-10-18)29-26(31)24(19-6-3-2-4-7-19)27-20-13-15-22(16-14-20)28-25(30)23-8-5-17-32-23/h2-17,24,27H,1H3,(H,28,30)(H,29,31). The van der Waals surface area contributed by atoms with E-state index in [0.29, 0.717) is 10.6 Å².